The largest absolute Gasteiger partial charge is 0.466 e. The lowest BCUT2D eigenvalue weighted by Gasteiger charge is -2.36. The molecule has 9 heteroatoms. The second-order valence-electron chi connectivity index (χ2n) is 7.86. The fourth-order valence-electron chi connectivity index (χ4n) is 4.25. The number of ether oxygens (including phenoxy) is 2. The van der Waals surface area contributed by atoms with Crippen LogP contribution in [0.25, 0.3) is 0 Å². The summed E-state index contributed by atoms with van der Waals surface area (Å²) in [6.45, 7) is 4.78. The zero-order valence-corrected chi connectivity index (χ0v) is 20.6. The summed E-state index contributed by atoms with van der Waals surface area (Å²) >= 11 is 0. The third kappa shape index (κ3) is 4.66. The van der Waals surface area contributed by atoms with Crippen LogP contribution in [0.5, 0.6) is 0 Å². The summed E-state index contributed by atoms with van der Waals surface area (Å²) in [5.41, 5.74) is 7.52. The van der Waals surface area contributed by atoms with Crippen molar-refractivity contribution in [2.24, 2.45) is 5.73 Å². The van der Waals surface area contributed by atoms with Crippen LogP contribution in [0.2, 0.25) is 0 Å². The Morgan fingerprint density at radius 2 is 1.64 bits per heavy atom. The second kappa shape index (κ2) is 11.2. The molecule has 1 atom stereocenters. The second-order valence-corrected chi connectivity index (χ2v) is 7.86. The molecule has 2 N–H and O–H groups in total. The van der Waals surface area contributed by atoms with Gasteiger partial charge in [-0.3, -0.25) is 9.69 Å². The normalized spacial score (nSPS) is 15.3. The predicted molar refractivity (Wildman–Crippen MR) is 133 cm³/mol. The number of methoxy groups -OCH3 is 2. The summed E-state index contributed by atoms with van der Waals surface area (Å²) < 4.78 is 10.1. The van der Waals surface area contributed by atoms with E-state index in [2.05, 4.69) is 6.07 Å². The molecule has 3 rings (SSSR count). The van der Waals surface area contributed by atoms with Gasteiger partial charge in [0.1, 0.15) is 11.5 Å². The summed E-state index contributed by atoms with van der Waals surface area (Å²) in [6, 6.07) is 17.3. The van der Waals surface area contributed by atoms with Crippen molar-refractivity contribution >= 4 is 23.5 Å². The molecule has 186 valence electrons. The maximum absolute atomic E-state index is 13.2. The Kier molecular flexibility index (Phi) is 8.12. The maximum Gasteiger partial charge on any atom is 0.355 e. The van der Waals surface area contributed by atoms with Crippen LogP contribution in [0.1, 0.15) is 35.7 Å². The monoisotopic (exact) mass is 488 g/mol. The van der Waals surface area contributed by atoms with Crippen LogP contribution in [0, 0.1) is 11.3 Å². The van der Waals surface area contributed by atoms with E-state index in [9.17, 15) is 19.6 Å². The molecule has 0 aliphatic carbocycles. The third-order valence-electron chi connectivity index (χ3n) is 6.01. The van der Waals surface area contributed by atoms with E-state index in [1.165, 1.54) is 19.1 Å². The highest BCUT2D eigenvalue weighted by Gasteiger charge is 2.43. The fourth-order valence-corrected chi connectivity index (χ4v) is 4.25. The van der Waals surface area contributed by atoms with Crippen molar-refractivity contribution in [3.8, 4) is 6.07 Å². The van der Waals surface area contributed by atoms with Gasteiger partial charge in [0.25, 0.3) is 5.91 Å². The number of rotatable bonds is 7. The number of hydrogen-bond donors (Lipinski definition) is 1. The van der Waals surface area contributed by atoms with Crippen molar-refractivity contribution in [3.63, 3.8) is 0 Å². The Balaban J connectivity index is 2.34. The lowest BCUT2D eigenvalue weighted by molar-refractivity contribution is -0.139. The average Bonchev–Trinajstić information content (AvgIpc) is 2.92. The fraction of sp³-hybridized carbons (Fsp3) is 0.259. The van der Waals surface area contributed by atoms with Crippen LogP contribution < -0.4 is 10.6 Å². The molecule has 0 fully saturated rings. The van der Waals surface area contributed by atoms with Gasteiger partial charge in [0.15, 0.2) is 0 Å². The van der Waals surface area contributed by atoms with E-state index in [1.54, 1.807) is 59.5 Å². The Morgan fingerprint density at radius 3 is 2.19 bits per heavy atom. The van der Waals surface area contributed by atoms with Crippen LogP contribution in [0.3, 0.4) is 0 Å². The molecule has 1 amide bonds. The molecule has 1 aliphatic heterocycles. The minimum atomic E-state index is -0.963. The summed E-state index contributed by atoms with van der Waals surface area (Å²) in [7, 11) is 2.37. The predicted octanol–water partition coefficient (Wildman–Crippen LogP) is 3.07. The van der Waals surface area contributed by atoms with E-state index in [-0.39, 0.29) is 28.6 Å². The maximum atomic E-state index is 13.2. The lowest BCUT2D eigenvalue weighted by Crippen LogP contribution is -2.41. The highest BCUT2D eigenvalue weighted by Crippen LogP contribution is 2.43. The van der Waals surface area contributed by atoms with Gasteiger partial charge >= 0.3 is 11.9 Å². The third-order valence-corrected chi connectivity index (χ3v) is 6.01. The van der Waals surface area contributed by atoms with Crippen LogP contribution in [0.4, 0.5) is 5.69 Å². The Bertz CT molecular complexity index is 1270. The molecule has 0 bridgehead atoms. The van der Waals surface area contributed by atoms with Gasteiger partial charge in [0.05, 0.1) is 37.4 Å². The van der Waals surface area contributed by atoms with Gasteiger partial charge < -0.3 is 20.1 Å². The van der Waals surface area contributed by atoms with E-state index in [0.29, 0.717) is 29.9 Å². The summed E-state index contributed by atoms with van der Waals surface area (Å²) in [5.74, 6) is -2.90. The van der Waals surface area contributed by atoms with Crippen molar-refractivity contribution in [1.29, 1.82) is 5.26 Å². The van der Waals surface area contributed by atoms with Gasteiger partial charge in [-0.25, -0.2) is 9.59 Å². The average molecular weight is 489 g/mol. The van der Waals surface area contributed by atoms with Crippen LogP contribution in [0.15, 0.2) is 77.3 Å². The van der Waals surface area contributed by atoms with Gasteiger partial charge in [0.2, 0.25) is 0 Å². The molecule has 36 heavy (non-hydrogen) atoms. The molecule has 1 heterocycles. The number of amides is 1. The van der Waals surface area contributed by atoms with Crippen molar-refractivity contribution in [1.82, 2.24) is 4.90 Å². The number of carbonyl (C=O) groups is 3. The molecule has 0 spiro atoms. The first-order chi connectivity index (χ1) is 17.3. The number of nitriles is 1. The Morgan fingerprint density at radius 1 is 1.00 bits per heavy atom. The minimum Gasteiger partial charge on any atom is -0.466 e. The molecule has 1 unspecified atom stereocenters. The number of nitrogens with two attached hydrogens (primary N) is 1. The highest BCUT2D eigenvalue weighted by atomic mass is 16.5. The van der Waals surface area contributed by atoms with Gasteiger partial charge in [-0.1, -0.05) is 36.4 Å². The summed E-state index contributed by atoms with van der Waals surface area (Å²) in [4.78, 5) is 42.2. The smallest absolute Gasteiger partial charge is 0.355 e. The molecule has 0 radical (unpaired) electrons. The van der Waals surface area contributed by atoms with Gasteiger partial charge in [-0.05, 0) is 37.6 Å². The minimum absolute atomic E-state index is 0.0507. The molecule has 0 saturated heterocycles. The number of carbonyl (C=O) groups excluding carboxylic acids is 3. The summed E-state index contributed by atoms with van der Waals surface area (Å²) in [5, 5.41) is 10.1. The van der Waals surface area contributed by atoms with Crippen LogP contribution in [-0.4, -0.2) is 50.1 Å². The molecule has 9 nitrogen and oxygen atoms in total. The number of hydrogen-bond acceptors (Lipinski definition) is 8. The molecule has 2 aromatic rings. The van der Waals surface area contributed by atoms with E-state index >= 15 is 0 Å². The molecular weight excluding hydrogens is 460 g/mol. The van der Waals surface area contributed by atoms with Crippen LogP contribution >= 0.6 is 0 Å². The number of allylic oxidation sites excluding steroid dienone is 1. The van der Waals surface area contributed by atoms with Crippen molar-refractivity contribution < 1.29 is 23.9 Å². The first kappa shape index (κ1) is 26.0. The van der Waals surface area contributed by atoms with E-state index < -0.39 is 17.9 Å². The first-order valence-electron chi connectivity index (χ1n) is 11.4. The van der Waals surface area contributed by atoms with Gasteiger partial charge in [0, 0.05) is 24.3 Å². The molecule has 0 saturated carbocycles. The SMILES string of the molecule is CCN(CC)C(=O)c1cccc(N2C(N)=C(C#N)C(c3ccccc3)C(C(=O)OC)=C2C(=O)OC)c1. The standard InChI is InChI=1S/C27H28N4O5/c1-5-30(6-2)25(32)18-13-10-14-19(15-18)31-23(27(34)36-4)22(26(33)35-3)21(20(16-28)24(31)29)17-11-8-7-9-12-17/h7-15,21H,5-6,29H2,1-4H3. The van der Waals surface area contributed by atoms with E-state index in [4.69, 9.17) is 15.2 Å². The quantitative estimate of drug-likeness (QED) is 0.590. The zero-order chi connectivity index (χ0) is 26.4. The van der Waals surface area contributed by atoms with Crippen LogP contribution in [-0.2, 0) is 19.1 Å². The highest BCUT2D eigenvalue weighted by molar-refractivity contribution is 6.06. The Labute approximate surface area is 210 Å². The molecule has 0 aromatic heterocycles. The van der Waals surface area contributed by atoms with Crippen molar-refractivity contribution in [2.75, 3.05) is 32.2 Å². The van der Waals surface area contributed by atoms with E-state index in [1.807, 2.05) is 13.8 Å². The van der Waals surface area contributed by atoms with Crippen molar-refractivity contribution in [2.45, 2.75) is 19.8 Å². The number of benzene rings is 2. The van der Waals surface area contributed by atoms with Crippen molar-refractivity contribution in [3.05, 3.63) is 88.4 Å². The lowest BCUT2D eigenvalue weighted by atomic mass is 9.81. The van der Waals surface area contributed by atoms with E-state index in [0.717, 1.165) is 0 Å². The number of esters is 2. The summed E-state index contributed by atoms with van der Waals surface area (Å²) in [6.07, 6.45) is 0. The Hall–Kier alpha value is -4.58. The topological polar surface area (TPSA) is 126 Å². The zero-order valence-electron chi connectivity index (χ0n) is 20.6. The number of anilines is 1. The first-order valence-corrected chi connectivity index (χ1v) is 11.4. The van der Waals surface area contributed by atoms with Gasteiger partial charge in [-0.2, -0.15) is 5.26 Å². The molecule has 1 aliphatic rings. The molecule has 2 aromatic carbocycles. The number of nitrogens with zero attached hydrogens (tertiary/aromatic N) is 3. The molecular formula is C27H28N4O5. The van der Waals surface area contributed by atoms with Gasteiger partial charge in [-0.15, -0.1) is 0 Å².